The van der Waals surface area contributed by atoms with Crippen LogP contribution >= 0.6 is 0 Å². The normalized spacial score (nSPS) is 25.1. The van der Waals surface area contributed by atoms with Crippen molar-refractivity contribution in [1.29, 1.82) is 0 Å². The Hall–Kier alpha value is -1.38. The summed E-state index contributed by atoms with van der Waals surface area (Å²) in [4.78, 5) is 14.9. The van der Waals surface area contributed by atoms with Gasteiger partial charge in [0.1, 0.15) is 5.82 Å². The maximum absolute atomic E-state index is 14.1. The average Bonchev–Trinajstić information content (AvgIpc) is 2.39. The number of halogens is 1. The van der Waals surface area contributed by atoms with Crippen molar-refractivity contribution in [2.75, 3.05) is 13.1 Å². The Morgan fingerprint density at radius 2 is 2.05 bits per heavy atom. The molecule has 108 valence electrons. The monoisotopic (exact) mass is 275 g/mol. The molecule has 1 aliphatic heterocycles. The molecule has 0 bridgehead atoms. The first kappa shape index (κ1) is 13.6. The average molecular weight is 275 g/mol. The molecule has 2 fully saturated rings. The highest BCUT2D eigenvalue weighted by atomic mass is 19.1. The van der Waals surface area contributed by atoms with Crippen molar-refractivity contribution in [2.24, 2.45) is 5.92 Å². The third-order valence-corrected chi connectivity index (χ3v) is 4.95. The lowest BCUT2D eigenvalue weighted by Crippen LogP contribution is -2.53. The summed E-state index contributed by atoms with van der Waals surface area (Å²) in [7, 11) is 0. The number of likely N-dealkylation sites (tertiary alicyclic amines) is 1. The van der Waals surface area contributed by atoms with E-state index in [1.54, 1.807) is 12.1 Å². The van der Waals surface area contributed by atoms with E-state index in [0.29, 0.717) is 11.5 Å². The van der Waals surface area contributed by atoms with Crippen molar-refractivity contribution in [3.8, 4) is 0 Å². The van der Waals surface area contributed by atoms with E-state index in [9.17, 15) is 9.18 Å². The van der Waals surface area contributed by atoms with Crippen LogP contribution in [0.25, 0.3) is 0 Å². The van der Waals surface area contributed by atoms with Gasteiger partial charge in [-0.05, 0) is 37.7 Å². The van der Waals surface area contributed by atoms with Crippen molar-refractivity contribution < 1.29 is 9.18 Å². The number of hydrogen-bond donors (Lipinski definition) is 0. The first-order valence-electron chi connectivity index (χ1n) is 7.68. The minimum atomic E-state index is -0.581. The fraction of sp³-hybridized carbons (Fsp3) is 0.588. The second-order valence-electron chi connectivity index (χ2n) is 6.41. The molecule has 0 N–H and O–H groups in total. The lowest BCUT2D eigenvalue weighted by atomic mass is 9.63. The van der Waals surface area contributed by atoms with Gasteiger partial charge in [0.2, 0.25) is 5.91 Å². The molecule has 1 heterocycles. The van der Waals surface area contributed by atoms with Crippen molar-refractivity contribution >= 4 is 5.91 Å². The van der Waals surface area contributed by atoms with E-state index in [1.807, 2.05) is 11.0 Å². The maximum Gasteiger partial charge on any atom is 0.233 e. The van der Waals surface area contributed by atoms with Crippen LogP contribution < -0.4 is 0 Å². The van der Waals surface area contributed by atoms with Gasteiger partial charge in [0.25, 0.3) is 0 Å². The first-order valence-corrected chi connectivity index (χ1v) is 7.68. The van der Waals surface area contributed by atoms with E-state index in [4.69, 9.17) is 0 Å². The molecular weight excluding hydrogens is 253 g/mol. The standard InChI is InChI=1S/C17H22FNO/c1-13-6-4-11-19(12-13)16(20)17(9-5-10-17)14-7-2-3-8-15(14)18/h2-3,7-8,13H,4-6,9-12H2,1H3. The third-order valence-electron chi connectivity index (χ3n) is 4.95. The molecule has 2 aliphatic rings. The van der Waals surface area contributed by atoms with E-state index in [-0.39, 0.29) is 11.7 Å². The second kappa shape index (κ2) is 5.19. The molecule has 0 spiro atoms. The van der Waals surface area contributed by atoms with Gasteiger partial charge in [0.05, 0.1) is 5.41 Å². The van der Waals surface area contributed by atoms with Gasteiger partial charge in [-0.15, -0.1) is 0 Å². The summed E-state index contributed by atoms with van der Waals surface area (Å²) in [5, 5.41) is 0. The van der Waals surface area contributed by atoms with E-state index >= 15 is 0 Å². The van der Waals surface area contributed by atoms with E-state index in [1.165, 1.54) is 12.5 Å². The molecule has 1 aliphatic carbocycles. The van der Waals surface area contributed by atoms with Crippen LogP contribution in [0.5, 0.6) is 0 Å². The van der Waals surface area contributed by atoms with Crippen molar-refractivity contribution in [3.63, 3.8) is 0 Å². The predicted octanol–water partition coefficient (Wildman–Crippen LogP) is 3.51. The number of hydrogen-bond acceptors (Lipinski definition) is 1. The van der Waals surface area contributed by atoms with Gasteiger partial charge in [0, 0.05) is 18.7 Å². The van der Waals surface area contributed by atoms with Crippen molar-refractivity contribution in [2.45, 2.75) is 44.4 Å². The molecule has 1 unspecified atom stereocenters. The predicted molar refractivity (Wildman–Crippen MR) is 76.9 cm³/mol. The van der Waals surface area contributed by atoms with Gasteiger partial charge in [0.15, 0.2) is 0 Å². The number of benzene rings is 1. The van der Waals surface area contributed by atoms with E-state index < -0.39 is 5.41 Å². The van der Waals surface area contributed by atoms with Gasteiger partial charge >= 0.3 is 0 Å². The quantitative estimate of drug-likeness (QED) is 0.809. The Bertz CT molecular complexity index is 509. The molecule has 1 aromatic rings. The minimum absolute atomic E-state index is 0.153. The molecule has 0 aromatic heterocycles. The summed E-state index contributed by atoms with van der Waals surface area (Å²) in [6, 6.07) is 6.80. The van der Waals surface area contributed by atoms with E-state index in [0.717, 1.165) is 38.8 Å². The largest absolute Gasteiger partial charge is 0.342 e. The summed E-state index contributed by atoms with van der Waals surface area (Å²) in [6.07, 6.45) is 4.86. The number of carbonyl (C=O) groups is 1. The Balaban J connectivity index is 1.89. The molecule has 0 radical (unpaired) electrons. The van der Waals surface area contributed by atoms with Crippen LogP contribution in [0, 0.1) is 11.7 Å². The molecule has 2 nitrogen and oxygen atoms in total. The Labute approximate surface area is 120 Å². The zero-order chi connectivity index (χ0) is 14.2. The summed E-state index contributed by atoms with van der Waals surface area (Å²) in [5.74, 6) is 0.483. The van der Waals surface area contributed by atoms with Crippen LogP contribution in [0.3, 0.4) is 0 Å². The Morgan fingerprint density at radius 1 is 1.30 bits per heavy atom. The summed E-state index contributed by atoms with van der Waals surface area (Å²) < 4.78 is 14.1. The van der Waals surface area contributed by atoms with Gasteiger partial charge in [-0.25, -0.2) is 4.39 Å². The highest BCUT2D eigenvalue weighted by Crippen LogP contribution is 2.46. The molecule has 3 heteroatoms. The van der Waals surface area contributed by atoms with Gasteiger partial charge in [-0.3, -0.25) is 4.79 Å². The minimum Gasteiger partial charge on any atom is -0.342 e. The molecule has 1 saturated carbocycles. The lowest BCUT2D eigenvalue weighted by Gasteiger charge is -2.45. The highest BCUT2D eigenvalue weighted by molar-refractivity contribution is 5.89. The molecule has 1 aromatic carbocycles. The summed E-state index contributed by atoms with van der Waals surface area (Å²) in [6.45, 7) is 3.85. The van der Waals surface area contributed by atoms with Crippen LogP contribution in [0.1, 0.15) is 44.6 Å². The molecule has 3 rings (SSSR count). The van der Waals surface area contributed by atoms with Gasteiger partial charge < -0.3 is 4.90 Å². The van der Waals surface area contributed by atoms with E-state index in [2.05, 4.69) is 6.92 Å². The lowest BCUT2D eigenvalue weighted by molar-refractivity contribution is -0.142. The molecule has 1 amide bonds. The van der Waals surface area contributed by atoms with Crippen LogP contribution in [0.4, 0.5) is 4.39 Å². The summed E-state index contributed by atoms with van der Waals surface area (Å²) >= 11 is 0. The summed E-state index contributed by atoms with van der Waals surface area (Å²) in [5.41, 5.74) is 0.0250. The van der Waals surface area contributed by atoms with Crippen LogP contribution in [0.15, 0.2) is 24.3 Å². The number of piperidine rings is 1. The van der Waals surface area contributed by atoms with Crippen LogP contribution in [-0.2, 0) is 10.2 Å². The molecular formula is C17H22FNO. The van der Waals surface area contributed by atoms with Crippen LogP contribution in [-0.4, -0.2) is 23.9 Å². The number of amides is 1. The van der Waals surface area contributed by atoms with Crippen molar-refractivity contribution in [3.05, 3.63) is 35.6 Å². The van der Waals surface area contributed by atoms with Crippen molar-refractivity contribution in [1.82, 2.24) is 4.90 Å². The first-order chi connectivity index (χ1) is 9.63. The Kier molecular flexibility index (Phi) is 3.53. The molecule has 1 saturated heterocycles. The fourth-order valence-electron chi connectivity index (χ4n) is 3.65. The zero-order valence-corrected chi connectivity index (χ0v) is 12.1. The Morgan fingerprint density at radius 3 is 2.65 bits per heavy atom. The van der Waals surface area contributed by atoms with Crippen LogP contribution in [0.2, 0.25) is 0 Å². The molecule has 1 atom stereocenters. The highest BCUT2D eigenvalue weighted by Gasteiger charge is 2.49. The molecule has 20 heavy (non-hydrogen) atoms. The van der Waals surface area contributed by atoms with Gasteiger partial charge in [-0.1, -0.05) is 31.5 Å². The fourth-order valence-corrected chi connectivity index (χ4v) is 3.65. The topological polar surface area (TPSA) is 20.3 Å². The SMILES string of the molecule is CC1CCCN(C(=O)C2(c3ccccc3F)CCC2)C1. The van der Waals surface area contributed by atoms with Gasteiger partial charge in [-0.2, -0.15) is 0 Å². The number of carbonyl (C=O) groups excluding carboxylic acids is 1. The number of nitrogens with zero attached hydrogens (tertiary/aromatic N) is 1. The third kappa shape index (κ3) is 2.13. The number of rotatable bonds is 2. The maximum atomic E-state index is 14.1. The zero-order valence-electron chi connectivity index (χ0n) is 12.1. The smallest absolute Gasteiger partial charge is 0.233 e. The second-order valence-corrected chi connectivity index (χ2v) is 6.41.